The molecule has 1 aliphatic heterocycles. The molecule has 138 valence electrons. The van der Waals surface area contributed by atoms with Crippen LogP contribution in [0.2, 0.25) is 0 Å². The van der Waals surface area contributed by atoms with E-state index in [0.29, 0.717) is 17.8 Å². The quantitative estimate of drug-likeness (QED) is 0.713. The van der Waals surface area contributed by atoms with Crippen LogP contribution in [0.15, 0.2) is 42.5 Å². The molecular weight excluding hydrogens is 326 g/mol. The van der Waals surface area contributed by atoms with Gasteiger partial charge < -0.3 is 21.7 Å². The van der Waals surface area contributed by atoms with Crippen molar-refractivity contribution in [1.82, 2.24) is 9.80 Å². The molecule has 1 amide bonds. The Morgan fingerprint density at radius 2 is 1.85 bits per heavy atom. The number of rotatable bonds is 5. The molecule has 0 aromatic heterocycles. The summed E-state index contributed by atoms with van der Waals surface area (Å²) in [5, 5.41) is 2.98. The van der Waals surface area contributed by atoms with E-state index in [2.05, 4.69) is 28.2 Å². The first kappa shape index (κ1) is 18.4. The van der Waals surface area contributed by atoms with Crippen molar-refractivity contribution < 1.29 is 4.79 Å². The molecule has 3 rings (SSSR count). The summed E-state index contributed by atoms with van der Waals surface area (Å²) in [6.07, 6.45) is 0. The van der Waals surface area contributed by atoms with Crippen LogP contribution in [0.4, 0.5) is 11.4 Å². The number of carbonyl (C=O) groups excluding carboxylic acids is 1. The highest BCUT2D eigenvalue weighted by molar-refractivity contribution is 6.08. The lowest BCUT2D eigenvalue weighted by atomic mass is 10.1. The van der Waals surface area contributed by atoms with Crippen LogP contribution in [0.5, 0.6) is 0 Å². The molecular formula is C20H27N5O. The fourth-order valence-corrected chi connectivity index (χ4v) is 3.17. The highest BCUT2D eigenvalue weighted by Gasteiger charge is 2.16. The average Bonchev–Trinajstić information content (AvgIpc) is 2.64. The fraction of sp³-hybridized carbons (Fsp3) is 0.350. The normalized spacial score (nSPS) is 15.8. The van der Waals surface area contributed by atoms with Crippen molar-refractivity contribution in [2.24, 2.45) is 5.73 Å². The molecule has 2 aromatic rings. The van der Waals surface area contributed by atoms with Gasteiger partial charge in [0.05, 0.1) is 5.56 Å². The van der Waals surface area contributed by atoms with Crippen LogP contribution in [0, 0.1) is 0 Å². The average molecular weight is 353 g/mol. The maximum Gasteiger partial charge on any atom is 0.257 e. The van der Waals surface area contributed by atoms with Crippen LogP contribution in [-0.2, 0) is 13.1 Å². The SMILES string of the molecule is CN1CCN(Cc2ccc(CN)c(NC(=O)c3ccccc3N)c2)CC1. The number of benzene rings is 2. The molecule has 0 radical (unpaired) electrons. The van der Waals surface area contributed by atoms with Gasteiger partial charge in [-0.3, -0.25) is 9.69 Å². The number of carbonyl (C=O) groups is 1. The first-order chi connectivity index (χ1) is 12.6. The minimum Gasteiger partial charge on any atom is -0.398 e. The number of nitrogens with zero attached hydrogens (tertiary/aromatic N) is 2. The van der Waals surface area contributed by atoms with E-state index in [1.54, 1.807) is 18.2 Å². The summed E-state index contributed by atoms with van der Waals surface area (Å²) in [6.45, 7) is 5.51. The summed E-state index contributed by atoms with van der Waals surface area (Å²) < 4.78 is 0. The third-order valence-electron chi connectivity index (χ3n) is 4.85. The molecule has 6 nitrogen and oxygen atoms in total. The monoisotopic (exact) mass is 353 g/mol. The zero-order valence-electron chi connectivity index (χ0n) is 15.2. The van der Waals surface area contributed by atoms with Gasteiger partial charge in [-0.25, -0.2) is 0 Å². The van der Waals surface area contributed by atoms with Gasteiger partial charge in [0.1, 0.15) is 0 Å². The zero-order chi connectivity index (χ0) is 18.5. The van der Waals surface area contributed by atoms with Crippen LogP contribution in [0.1, 0.15) is 21.5 Å². The second kappa shape index (κ2) is 8.31. The van der Waals surface area contributed by atoms with Gasteiger partial charge in [-0.2, -0.15) is 0 Å². The number of anilines is 2. The first-order valence-corrected chi connectivity index (χ1v) is 8.95. The van der Waals surface area contributed by atoms with Gasteiger partial charge in [-0.15, -0.1) is 0 Å². The zero-order valence-corrected chi connectivity index (χ0v) is 15.2. The number of likely N-dealkylation sites (N-methyl/N-ethyl adjacent to an activating group) is 1. The van der Waals surface area contributed by atoms with Gasteiger partial charge in [-0.05, 0) is 36.4 Å². The van der Waals surface area contributed by atoms with Crippen molar-refractivity contribution in [3.05, 3.63) is 59.2 Å². The smallest absolute Gasteiger partial charge is 0.257 e. The highest BCUT2D eigenvalue weighted by Crippen LogP contribution is 2.21. The molecule has 0 spiro atoms. The summed E-state index contributed by atoms with van der Waals surface area (Å²) in [4.78, 5) is 17.4. The summed E-state index contributed by atoms with van der Waals surface area (Å²) in [5.74, 6) is -0.213. The van der Waals surface area contributed by atoms with Crippen molar-refractivity contribution in [2.45, 2.75) is 13.1 Å². The van der Waals surface area contributed by atoms with Crippen LogP contribution < -0.4 is 16.8 Å². The number of nitrogens with one attached hydrogen (secondary N) is 1. The largest absolute Gasteiger partial charge is 0.398 e. The van der Waals surface area contributed by atoms with E-state index in [9.17, 15) is 4.79 Å². The molecule has 1 heterocycles. The fourth-order valence-electron chi connectivity index (χ4n) is 3.17. The van der Waals surface area contributed by atoms with Crippen molar-refractivity contribution in [1.29, 1.82) is 0 Å². The predicted molar refractivity (Wildman–Crippen MR) is 106 cm³/mol. The van der Waals surface area contributed by atoms with E-state index < -0.39 is 0 Å². The number of hydrogen-bond acceptors (Lipinski definition) is 5. The number of amides is 1. The number of nitrogens with two attached hydrogens (primary N) is 2. The molecule has 6 heteroatoms. The second-order valence-electron chi connectivity index (χ2n) is 6.82. The van der Waals surface area contributed by atoms with Gasteiger partial charge in [0.2, 0.25) is 0 Å². The van der Waals surface area contributed by atoms with E-state index in [1.165, 1.54) is 5.56 Å². The summed E-state index contributed by atoms with van der Waals surface area (Å²) in [5.41, 5.74) is 15.5. The van der Waals surface area contributed by atoms with Crippen molar-refractivity contribution in [3.63, 3.8) is 0 Å². The van der Waals surface area contributed by atoms with E-state index in [0.717, 1.165) is 44.0 Å². The minimum atomic E-state index is -0.213. The molecule has 26 heavy (non-hydrogen) atoms. The maximum absolute atomic E-state index is 12.6. The lowest BCUT2D eigenvalue weighted by Gasteiger charge is -2.32. The van der Waals surface area contributed by atoms with Crippen LogP contribution in [-0.4, -0.2) is 48.9 Å². The van der Waals surface area contributed by atoms with E-state index in [4.69, 9.17) is 11.5 Å². The molecule has 1 saturated heterocycles. The molecule has 5 N–H and O–H groups in total. The Morgan fingerprint density at radius 3 is 2.54 bits per heavy atom. The van der Waals surface area contributed by atoms with Crippen LogP contribution in [0.25, 0.3) is 0 Å². The Balaban J connectivity index is 1.75. The topological polar surface area (TPSA) is 87.6 Å². The molecule has 1 aliphatic rings. The molecule has 1 fully saturated rings. The van der Waals surface area contributed by atoms with Gasteiger partial charge in [-0.1, -0.05) is 24.3 Å². The number of nitrogen functional groups attached to an aromatic ring is 1. The predicted octanol–water partition coefficient (Wildman–Crippen LogP) is 1.73. The standard InChI is InChI=1S/C20H27N5O/c1-24-8-10-25(11-9-24)14-15-6-7-16(13-21)19(12-15)23-20(26)17-4-2-3-5-18(17)22/h2-7,12H,8-11,13-14,21-22H2,1H3,(H,23,26). The lowest BCUT2D eigenvalue weighted by Crippen LogP contribution is -2.43. The van der Waals surface area contributed by atoms with Crippen LogP contribution in [0.3, 0.4) is 0 Å². The molecule has 0 bridgehead atoms. The van der Waals surface area contributed by atoms with Gasteiger partial charge in [0.15, 0.2) is 0 Å². The Labute approximate surface area is 154 Å². The van der Waals surface area contributed by atoms with Gasteiger partial charge >= 0.3 is 0 Å². The van der Waals surface area contributed by atoms with E-state index in [-0.39, 0.29) is 5.91 Å². The van der Waals surface area contributed by atoms with Crippen LogP contribution >= 0.6 is 0 Å². The molecule has 0 unspecified atom stereocenters. The Bertz CT molecular complexity index is 769. The van der Waals surface area contributed by atoms with E-state index >= 15 is 0 Å². The van der Waals surface area contributed by atoms with Gasteiger partial charge in [0, 0.05) is 50.6 Å². The Kier molecular flexibility index (Phi) is 5.88. The van der Waals surface area contributed by atoms with Gasteiger partial charge in [0.25, 0.3) is 5.91 Å². The summed E-state index contributed by atoms with van der Waals surface area (Å²) in [7, 11) is 2.15. The molecule has 0 saturated carbocycles. The van der Waals surface area contributed by atoms with Crippen molar-refractivity contribution >= 4 is 17.3 Å². The minimum absolute atomic E-state index is 0.213. The third kappa shape index (κ3) is 4.40. The maximum atomic E-state index is 12.6. The van der Waals surface area contributed by atoms with Crippen molar-refractivity contribution in [3.8, 4) is 0 Å². The molecule has 0 atom stereocenters. The summed E-state index contributed by atoms with van der Waals surface area (Å²) in [6, 6.07) is 13.2. The van der Waals surface area contributed by atoms with E-state index in [1.807, 2.05) is 18.2 Å². The van der Waals surface area contributed by atoms with Crippen molar-refractivity contribution in [2.75, 3.05) is 44.3 Å². The lowest BCUT2D eigenvalue weighted by molar-refractivity contribution is 0.102. The molecule has 0 aliphatic carbocycles. The highest BCUT2D eigenvalue weighted by atomic mass is 16.1. The first-order valence-electron chi connectivity index (χ1n) is 8.95. The number of piperazine rings is 1. The second-order valence-corrected chi connectivity index (χ2v) is 6.82. The Morgan fingerprint density at radius 1 is 1.12 bits per heavy atom. The number of para-hydroxylation sites is 1. The third-order valence-corrected chi connectivity index (χ3v) is 4.85. The Hall–Kier alpha value is -2.41. The number of hydrogen-bond donors (Lipinski definition) is 3. The summed E-state index contributed by atoms with van der Waals surface area (Å²) >= 11 is 0. The molecule has 2 aromatic carbocycles.